The van der Waals surface area contributed by atoms with Gasteiger partial charge in [-0.2, -0.15) is 0 Å². The molecule has 2 aromatic rings. The average molecular weight is 299 g/mol. The highest BCUT2D eigenvalue weighted by Gasteiger charge is 2.41. The van der Waals surface area contributed by atoms with Crippen molar-refractivity contribution in [2.24, 2.45) is 0 Å². The summed E-state index contributed by atoms with van der Waals surface area (Å²) in [6.07, 6.45) is -0.634. The first-order valence-electron chi connectivity index (χ1n) is 6.69. The van der Waals surface area contributed by atoms with Gasteiger partial charge in [-0.1, -0.05) is 30.3 Å². The fraction of sp³-hybridized carbons (Fsp3) is 0.188. The number of fused-ring (bicyclic) bond motifs is 1. The zero-order chi connectivity index (χ0) is 15.7. The van der Waals surface area contributed by atoms with E-state index in [-0.39, 0.29) is 5.69 Å². The Labute approximate surface area is 126 Å². The van der Waals surface area contributed by atoms with Crippen LogP contribution in [0.2, 0.25) is 0 Å². The van der Waals surface area contributed by atoms with Gasteiger partial charge in [-0.25, -0.2) is 0 Å². The number of ether oxygens (including phenoxy) is 2. The summed E-state index contributed by atoms with van der Waals surface area (Å²) in [6, 6.07) is 13.3. The molecule has 0 spiro atoms. The van der Waals surface area contributed by atoms with Gasteiger partial charge in [0.05, 0.1) is 12.0 Å². The van der Waals surface area contributed by atoms with E-state index in [9.17, 15) is 14.9 Å². The number of nitro benzene ring substituents is 1. The number of rotatable bonds is 3. The predicted molar refractivity (Wildman–Crippen MR) is 77.7 cm³/mol. The van der Waals surface area contributed by atoms with E-state index in [1.165, 1.54) is 19.2 Å². The third kappa shape index (κ3) is 2.28. The van der Waals surface area contributed by atoms with Gasteiger partial charge in [0.25, 0.3) is 5.69 Å². The van der Waals surface area contributed by atoms with Gasteiger partial charge in [0, 0.05) is 23.3 Å². The van der Waals surface area contributed by atoms with E-state index in [1.54, 1.807) is 24.3 Å². The molecule has 0 fully saturated rings. The second kappa shape index (κ2) is 5.48. The Hall–Kier alpha value is -2.89. The highest BCUT2D eigenvalue weighted by Crippen LogP contribution is 2.46. The van der Waals surface area contributed by atoms with Gasteiger partial charge in [0.1, 0.15) is 17.8 Å². The van der Waals surface area contributed by atoms with Crippen LogP contribution in [-0.2, 0) is 9.53 Å². The van der Waals surface area contributed by atoms with Crippen molar-refractivity contribution in [3.8, 4) is 5.75 Å². The summed E-state index contributed by atoms with van der Waals surface area (Å²) in [5, 5.41) is 10.9. The summed E-state index contributed by atoms with van der Waals surface area (Å²) in [6.45, 7) is 0. The van der Waals surface area contributed by atoms with Crippen molar-refractivity contribution in [2.45, 2.75) is 12.0 Å². The minimum atomic E-state index is -0.636. The lowest BCUT2D eigenvalue weighted by Crippen LogP contribution is -2.20. The molecule has 6 heteroatoms. The number of carbonyl (C=O) groups excluding carboxylic acids is 1. The number of nitrogens with zero attached hydrogens (tertiary/aromatic N) is 1. The SMILES string of the molecule is COC(=O)C1c2ccccc2OC1c1cccc([N+](=O)[O-])c1. The summed E-state index contributed by atoms with van der Waals surface area (Å²) >= 11 is 0. The molecule has 112 valence electrons. The number of para-hydroxylation sites is 1. The smallest absolute Gasteiger partial charge is 0.317 e. The molecule has 2 atom stereocenters. The fourth-order valence-electron chi connectivity index (χ4n) is 2.67. The Bertz CT molecular complexity index is 743. The quantitative estimate of drug-likeness (QED) is 0.494. The average Bonchev–Trinajstić information content (AvgIpc) is 2.93. The zero-order valence-electron chi connectivity index (χ0n) is 11.8. The molecule has 0 N–H and O–H groups in total. The van der Waals surface area contributed by atoms with Gasteiger partial charge in [-0.15, -0.1) is 0 Å². The number of nitro groups is 1. The van der Waals surface area contributed by atoms with Crippen LogP contribution in [0.1, 0.15) is 23.1 Å². The molecule has 0 aliphatic carbocycles. The van der Waals surface area contributed by atoms with Crippen molar-refractivity contribution in [2.75, 3.05) is 7.11 Å². The Kier molecular flexibility index (Phi) is 3.50. The van der Waals surface area contributed by atoms with Gasteiger partial charge in [-0.05, 0) is 6.07 Å². The monoisotopic (exact) mass is 299 g/mol. The van der Waals surface area contributed by atoms with Crippen LogP contribution in [0, 0.1) is 10.1 Å². The number of hydrogen-bond acceptors (Lipinski definition) is 5. The van der Waals surface area contributed by atoms with Crippen molar-refractivity contribution < 1.29 is 19.2 Å². The molecule has 2 unspecified atom stereocenters. The zero-order valence-corrected chi connectivity index (χ0v) is 11.8. The summed E-state index contributed by atoms with van der Waals surface area (Å²) < 4.78 is 10.7. The third-order valence-corrected chi connectivity index (χ3v) is 3.68. The summed E-state index contributed by atoms with van der Waals surface area (Å²) in [5.74, 6) is -0.473. The molecule has 6 nitrogen and oxygen atoms in total. The van der Waals surface area contributed by atoms with E-state index < -0.39 is 22.9 Å². The summed E-state index contributed by atoms with van der Waals surface area (Å²) in [4.78, 5) is 22.6. The van der Waals surface area contributed by atoms with E-state index in [0.29, 0.717) is 11.3 Å². The van der Waals surface area contributed by atoms with Crippen LogP contribution < -0.4 is 4.74 Å². The number of hydrogen-bond donors (Lipinski definition) is 0. The first-order chi connectivity index (χ1) is 10.6. The van der Waals surface area contributed by atoms with Crippen LogP contribution in [0.3, 0.4) is 0 Å². The lowest BCUT2D eigenvalue weighted by molar-refractivity contribution is -0.385. The maximum absolute atomic E-state index is 12.1. The molecule has 0 bridgehead atoms. The third-order valence-electron chi connectivity index (χ3n) is 3.68. The lowest BCUT2D eigenvalue weighted by Gasteiger charge is -2.17. The minimum Gasteiger partial charge on any atom is -0.484 e. The Morgan fingerprint density at radius 2 is 2.00 bits per heavy atom. The maximum atomic E-state index is 12.1. The van der Waals surface area contributed by atoms with Gasteiger partial charge < -0.3 is 9.47 Å². The van der Waals surface area contributed by atoms with E-state index in [0.717, 1.165) is 5.56 Å². The largest absolute Gasteiger partial charge is 0.484 e. The molecule has 0 radical (unpaired) electrons. The molecule has 1 aliphatic rings. The number of carbonyl (C=O) groups is 1. The predicted octanol–water partition coefficient (Wildman–Crippen LogP) is 2.99. The number of benzene rings is 2. The summed E-state index contributed by atoms with van der Waals surface area (Å²) in [7, 11) is 1.31. The van der Waals surface area contributed by atoms with E-state index in [1.807, 2.05) is 12.1 Å². The molecule has 3 rings (SSSR count). The normalized spacial score (nSPS) is 19.1. The second-order valence-corrected chi connectivity index (χ2v) is 4.93. The second-order valence-electron chi connectivity index (χ2n) is 4.93. The van der Waals surface area contributed by atoms with Crippen molar-refractivity contribution in [1.82, 2.24) is 0 Å². The molecule has 0 amide bonds. The van der Waals surface area contributed by atoms with E-state index in [4.69, 9.17) is 9.47 Å². The van der Waals surface area contributed by atoms with Crippen molar-refractivity contribution in [3.63, 3.8) is 0 Å². The first kappa shape index (κ1) is 14.1. The van der Waals surface area contributed by atoms with Gasteiger partial charge in [-0.3, -0.25) is 14.9 Å². The molecule has 0 saturated carbocycles. The van der Waals surface area contributed by atoms with Gasteiger partial charge in [0.2, 0.25) is 0 Å². The fourth-order valence-corrected chi connectivity index (χ4v) is 2.67. The molecule has 0 aromatic heterocycles. The van der Waals surface area contributed by atoms with Crippen LogP contribution >= 0.6 is 0 Å². The van der Waals surface area contributed by atoms with Crippen molar-refractivity contribution in [1.29, 1.82) is 0 Å². The molecule has 1 heterocycles. The Morgan fingerprint density at radius 1 is 1.23 bits per heavy atom. The first-order valence-corrected chi connectivity index (χ1v) is 6.69. The number of esters is 1. The topological polar surface area (TPSA) is 78.7 Å². The van der Waals surface area contributed by atoms with Crippen LogP contribution in [0.5, 0.6) is 5.75 Å². The molecule has 0 saturated heterocycles. The Morgan fingerprint density at radius 3 is 2.73 bits per heavy atom. The lowest BCUT2D eigenvalue weighted by atomic mass is 9.91. The van der Waals surface area contributed by atoms with Crippen molar-refractivity contribution in [3.05, 3.63) is 69.8 Å². The molecule has 2 aromatic carbocycles. The number of methoxy groups -OCH3 is 1. The minimum absolute atomic E-state index is 0.0410. The van der Waals surface area contributed by atoms with Crippen LogP contribution in [0.15, 0.2) is 48.5 Å². The van der Waals surface area contributed by atoms with Crippen LogP contribution in [0.4, 0.5) is 5.69 Å². The van der Waals surface area contributed by atoms with E-state index in [2.05, 4.69) is 0 Å². The molecular weight excluding hydrogens is 286 g/mol. The molecule has 22 heavy (non-hydrogen) atoms. The highest BCUT2D eigenvalue weighted by molar-refractivity contribution is 5.81. The summed E-state index contributed by atoms with van der Waals surface area (Å²) in [5.41, 5.74) is 1.26. The standard InChI is InChI=1S/C16H13NO5/c1-21-16(18)14-12-7-2-3-8-13(12)22-15(14)10-5-4-6-11(9-10)17(19)20/h2-9,14-15H,1H3. The van der Waals surface area contributed by atoms with Crippen LogP contribution in [-0.4, -0.2) is 18.0 Å². The highest BCUT2D eigenvalue weighted by atomic mass is 16.6. The molecular formula is C16H13NO5. The van der Waals surface area contributed by atoms with E-state index >= 15 is 0 Å². The molecule has 1 aliphatic heterocycles. The van der Waals surface area contributed by atoms with Gasteiger partial charge in [0.15, 0.2) is 0 Å². The van der Waals surface area contributed by atoms with Crippen molar-refractivity contribution >= 4 is 11.7 Å². The maximum Gasteiger partial charge on any atom is 0.317 e. The Balaban J connectivity index is 2.05. The number of non-ortho nitro benzene ring substituents is 1. The van der Waals surface area contributed by atoms with Gasteiger partial charge >= 0.3 is 5.97 Å². The van der Waals surface area contributed by atoms with Crippen LogP contribution in [0.25, 0.3) is 0 Å².